The Morgan fingerprint density at radius 2 is 1.84 bits per heavy atom. The number of hydrogen-bond acceptors (Lipinski definition) is 5. The lowest BCUT2D eigenvalue weighted by Crippen LogP contribution is -2.15. The molecule has 5 rings (SSSR count). The number of anilines is 1. The number of carbonyl (C=O) groups is 1. The molecule has 1 aliphatic heterocycles. The molecule has 3 heterocycles. The van der Waals surface area contributed by atoms with Gasteiger partial charge in [-0.25, -0.2) is 4.98 Å². The highest BCUT2D eigenvalue weighted by Crippen LogP contribution is 2.34. The molecule has 0 spiro atoms. The zero-order chi connectivity index (χ0) is 21.9. The molecule has 0 unspecified atom stereocenters. The van der Waals surface area contributed by atoms with Gasteiger partial charge in [-0.3, -0.25) is 4.79 Å². The summed E-state index contributed by atoms with van der Waals surface area (Å²) in [5.74, 6) is 2.20. The van der Waals surface area contributed by atoms with Crippen molar-refractivity contribution in [3.05, 3.63) is 72.6 Å². The summed E-state index contributed by atoms with van der Waals surface area (Å²) < 4.78 is 18.6. The summed E-state index contributed by atoms with van der Waals surface area (Å²) >= 11 is 0. The van der Waals surface area contributed by atoms with Crippen molar-refractivity contribution in [2.75, 3.05) is 25.1 Å². The number of nitrogens with zero attached hydrogens (tertiary/aromatic N) is 2. The predicted molar refractivity (Wildman–Crippen MR) is 122 cm³/mol. The summed E-state index contributed by atoms with van der Waals surface area (Å²) in [4.78, 5) is 17.2. The highest BCUT2D eigenvalue weighted by molar-refractivity contribution is 5.92. The van der Waals surface area contributed by atoms with Gasteiger partial charge in [-0.15, -0.1) is 0 Å². The van der Waals surface area contributed by atoms with E-state index in [1.165, 1.54) is 0 Å². The monoisotopic (exact) mass is 429 g/mol. The number of rotatable bonds is 6. The van der Waals surface area contributed by atoms with Crippen LogP contribution in [0.3, 0.4) is 0 Å². The number of benzene rings is 2. The van der Waals surface area contributed by atoms with E-state index >= 15 is 0 Å². The molecule has 1 amide bonds. The number of aromatic nitrogens is 2. The Bertz CT molecular complexity index is 1260. The van der Waals surface area contributed by atoms with Gasteiger partial charge in [-0.05, 0) is 55.0 Å². The average Bonchev–Trinajstić information content (AvgIpc) is 3.24. The van der Waals surface area contributed by atoms with Crippen molar-refractivity contribution in [2.24, 2.45) is 0 Å². The second-order valence-electron chi connectivity index (χ2n) is 7.47. The van der Waals surface area contributed by atoms with Crippen LogP contribution in [0.2, 0.25) is 0 Å². The van der Waals surface area contributed by atoms with E-state index in [0.717, 1.165) is 39.7 Å². The molecule has 162 valence electrons. The summed E-state index contributed by atoms with van der Waals surface area (Å²) in [6.07, 6.45) is 4.08. The molecule has 0 aliphatic carbocycles. The molecule has 0 bridgehead atoms. The molecule has 0 saturated carbocycles. The smallest absolute Gasteiger partial charge is 0.228 e. The van der Waals surface area contributed by atoms with Crippen LogP contribution in [0.25, 0.3) is 16.9 Å². The molecule has 2 aromatic carbocycles. The van der Waals surface area contributed by atoms with Crippen LogP contribution in [0.5, 0.6) is 17.2 Å². The molecule has 1 N–H and O–H groups in total. The van der Waals surface area contributed by atoms with Crippen molar-refractivity contribution in [1.29, 1.82) is 0 Å². The average molecular weight is 429 g/mol. The third-order valence-electron chi connectivity index (χ3n) is 5.17. The molecule has 0 atom stereocenters. The first-order valence-corrected chi connectivity index (χ1v) is 10.6. The standard InChI is InChI=1S/C25H23N3O4/c1-2-30-20-7-3-17(4-8-20)13-25(29)26-19-6-10-24-27-21(16-28(24)15-19)18-5-9-22-23(14-18)32-12-11-31-22/h3-10,14-16H,2,11-13H2,1H3,(H,26,29). The molecule has 0 saturated heterocycles. The molecule has 32 heavy (non-hydrogen) atoms. The predicted octanol–water partition coefficient (Wildman–Crippen LogP) is 4.35. The van der Waals surface area contributed by atoms with E-state index in [4.69, 9.17) is 14.2 Å². The van der Waals surface area contributed by atoms with Gasteiger partial charge in [-0.2, -0.15) is 0 Å². The van der Waals surface area contributed by atoms with E-state index in [0.29, 0.717) is 25.5 Å². The molecule has 7 nitrogen and oxygen atoms in total. The number of amides is 1. The van der Waals surface area contributed by atoms with E-state index in [1.54, 1.807) is 0 Å². The number of carbonyl (C=O) groups excluding carboxylic acids is 1. The van der Waals surface area contributed by atoms with E-state index < -0.39 is 0 Å². The Labute approximate surface area is 185 Å². The summed E-state index contributed by atoms with van der Waals surface area (Å²) in [5, 5.41) is 2.96. The second-order valence-corrected chi connectivity index (χ2v) is 7.47. The summed E-state index contributed by atoms with van der Waals surface area (Å²) in [7, 11) is 0. The van der Waals surface area contributed by atoms with Crippen LogP contribution in [-0.2, 0) is 11.2 Å². The number of pyridine rings is 1. The van der Waals surface area contributed by atoms with Crippen LogP contribution < -0.4 is 19.5 Å². The summed E-state index contributed by atoms with van der Waals surface area (Å²) in [6.45, 7) is 3.67. The van der Waals surface area contributed by atoms with Crippen LogP contribution in [0.4, 0.5) is 5.69 Å². The lowest BCUT2D eigenvalue weighted by Gasteiger charge is -2.18. The first-order chi connectivity index (χ1) is 15.7. The van der Waals surface area contributed by atoms with Gasteiger partial charge in [0.25, 0.3) is 0 Å². The van der Waals surface area contributed by atoms with Crippen LogP contribution in [0, 0.1) is 0 Å². The lowest BCUT2D eigenvalue weighted by atomic mass is 10.1. The number of imidazole rings is 1. The van der Waals surface area contributed by atoms with Crippen molar-refractivity contribution >= 4 is 17.2 Å². The Hall–Kier alpha value is -4.00. The summed E-state index contributed by atoms with van der Waals surface area (Å²) in [5.41, 5.74) is 4.19. The lowest BCUT2D eigenvalue weighted by molar-refractivity contribution is -0.115. The first kappa shape index (κ1) is 19.9. The molecule has 0 fully saturated rings. The molecule has 1 aliphatic rings. The fraction of sp³-hybridized carbons (Fsp3) is 0.200. The van der Waals surface area contributed by atoms with Crippen molar-refractivity contribution in [3.63, 3.8) is 0 Å². The Kier molecular flexibility index (Phi) is 5.37. The molecule has 0 radical (unpaired) electrons. The van der Waals surface area contributed by atoms with E-state index in [9.17, 15) is 4.79 Å². The third-order valence-corrected chi connectivity index (χ3v) is 5.17. The minimum Gasteiger partial charge on any atom is -0.494 e. The molecular weight excluding hydrogens is 406 g/mol. The van der Waals surface area contributed by atoms with Gasteiger partial charge in [0.1, 0.15) is 24.6 Å². The minimum absolute atomic E-state index is 0.0827. The number of nitrogens with one attached hydrogen (secondary N) is 1. The van der Waals surface area contributed by atoms with E-state index in [-0.39, 0.29) is 12.3 Å². The Balaban J connectivity index is 1.30. The van der Waals surface area contributed by atoms with Crippen molar-refractivity contribution in [2.45, 2.75) is 13.3 Å². The quantitative estimate of drug-likeness (QED) is 0.493. The van der Waals surface area contributed by atoms with Crippen molar-refractivity contribution in [3.8, 4) is 28.5 Å². The van der Waals surface area contributed by atoms with Gasteiger partial charge < -0.3 is 23.9 Å². The minimum atomic E-state index is -0.0827. The third kappa shape index (κ3) is 4.23. The van der Waals surface area contributed by atoms with Gasteiger partial charge in [0.2, 0.25) is 5.91 Å². The Morgan fingerprint density at radius 3 is 2.66 bits per heavy atom. The highest BCUT2D eigenvalue weighted by Gasteiger charge is 2.14. The normalized spacial score (nSPS) is 12.5. The van der Waals surface area contributed by atoms with E-state index in [1.807, 2.05) is 78.3 Å². The SMILES string of the molecule is CCOc1ccc(CC(=O)Nc2ccc3nc(-c4ccc5c(c4)OCCO5)cn3c2)cc1. The number of fused-ring (bicyclic) bond motifs is 2. The van der Waals surface area contributed by atoms with Crippen LogP contribution in [-0.4, -0.2) is 35.1 Å². The maximum Gasteiger partial charge on any atom is 0.228 e. The zero-order valence-corrected chi connectivity index (χ0v) is 17.7. The van der Waals surface area contributed by atoms with Gasteiger partial charge >= 0.3 is 0 Å². The van der Waals surface area contributed by atoms with Crippen LogP contribution in [0.1, 0.15) is 12.5 Å². The van der Waals surface area contributed by atoms with Gasteiger partial charge in [-0.1, -0.05) is 12.1 Å². The maximum atomic E-state index is 12.5. The first-order valence-electron chi connectivity index (χ1n) is 10.6. The van der Waals surface area contributed by atoms with Crippen molar-refractivity contribution < 1.29 is 19.0 Å². The van der Waals surface area contributed by atoms with Crippen LogP contribution in [0.15, 0.2) is 67.0 Å². The Morgan fingerprint density at radius 1 is 1.03 bits per heavy atom. The highest BCUT2D eigenvalue weighted by atomic mass is 16.6. The molecular formula is C25H23N3O4. The molecule has 7 heteroatoms. The van der Waals surface area contributed by atoms with E-state index in [2.05, 4.69) is 10.3 Å². The topological polar surface area (TPSA) is 74.1 Å². The zero-order valence-electron chi connectivity index (χ0n) is 17.7. The number of hydrogen-bond donors (Lipinski definition) is 1. The second kappa shape index (κ2) is 8.63. The largest absolute Gasteiger partial charge is 0.494 e. The fourth-order valence-electron chi connectivity index (χ4n) is 3.67. The van der Waals surface area contributed by atoms with Gasteiger partial charge in [0.15, 0.2) is 11.5 Å². The molecule has 2 aromatic heterocycles. The number of ether oxygens (including phenoxy) is 3. The fourth-order valence-corrected chi connectivity index (χ4v) is 3.67. The maximum absolute atomic E-state index is 12.5. The van der Waals surface area contributed by atoms with Crippen LogP contribution >= 0.6 is 0 Å². The van der Waals surface area contributed by atoms with Gasteiger partial charge in [0, 0.05) is 18.0 Å². The van der Waals surface area contributed by atoms with Gasteiger partial charge in [0.05, 0.1) is 24.4 Å². The summed E-state index contributed by atoms with van der Waals surface area (Å²) in [6, 6.07) is 17.1. The molecule has 4 aromatic rings. The van der Waals surface area contributed by atoms with Crippen molar-refractivity contribution in [1.82, 2.24) is 9.38 Å².